The fourth-order valence-corrected chi connectivity index (χ4v) is 2.03. The first kappa shape index (κ1) is 47.9. The quantitative estimate of drug-likeness (QED) is 0.132. The average molecular weight is 790 g/mol. The van der Waals surface area contributed by atoms with Gasteiger partial charge in [0.25, 0.3) is 0 Å². The molecule has 42 heavy (non-hydrogen) atoms. The molecule has 235 valence electrons. The molecule has 1 radical (unpaired) electrons. The van der Waals surface area contributed by atoms with Crippen molar-refractivity contribution < 1.29 is 105 Å². The van der Waals surface area contributed by atoms with Crippen molar-refractivity contribution in [1.29, 1.82) is 0 Å². The first-order valence-corrected chi connectivity index (χ1v) is 10.3. The van der Waals surface area contributed by atoms with Crippen LogP contribution < -0.4 is 29.9 Å². The first-order valence-electron chi connectivity index (χ1n) is 10.3. The van der Waals surface area contributed by atoms with Gasteiger partial charge in [-0.2, -0.15) is 0 Å². The number of rotatable bonds is 7. The largest absolute Gasteiger partial charge is 3.00 e. The fraction of sp³-hybridized carbons (Fsp3) is 0.273. The van der Waals surface area contributed by atoms with Crippen LogP contribution in [-0.2, 0) is 26.4 Å². The molecule has 0 amide bonds. The third-order valence-corrected chi connectivity index (χ3v) is 3.28. The Kier molecular flexibility index (Phi) is 34.3. The summed E-state index contributed by atoms with van der Waals surface area (Å²) in [4.78, 5) is 42.6. The molecular weight excluding hydrogens is 766 g/mol. The van der Waals surface area contributed by atoms with Crippen molar-refractivity contribution in [1.82, 2.24) is 0 Å². The van der Waals surface area contributed by atoms with E-state index in [1.54, 1.807) is 36.4 Å². The molecule has 0 atom stereocenters. The smallest absolute Gasteiger partial charge is 0.870 e. The first-order chi connectivity index (χ1) is 18.6. The van der Waals surface area contributed by atoms with Gasteiger partial charge in [0.2, 0.25) is 0 Å². The molecule has 0 bridgehead atoms. The summed E-state index contributed by atoms with van der Waals surface area (Å²) in [6.45, 7) is 2.76. The number of benzene rings is 2. The van der Waals surface area contributed by atoms with Gasteiger partial charge in [0.1, 0.15) is 11.5 Å². The number of carbonyl (C=O) groups excluding carboxylic acids is 2. The van der Waals surface area contributed by atoms with Crippen molar-refractivity contribution in [2.75, 3.05) is 27.3 Å². The van der Waals surface area contributed by atoms with Gasteiger partial charge in [0, 0.05) is 24.4 Å². The Morgan fingerprint density at radius 2 is 0.976 bits per heavy atom. The molecule has 0 N–H and O–H groups in total. The van der Waals surface area contributed by atoms with Gasteiger partial charge in [-0.3, -0.25) is 9.98 Å². The van der Waals surface area contributed by atoms with Gasteiger partial charge < -0.3 is 70.1 Å². The summed E-state index contributed by atoms with van der Waals surface area (Å²) >= 11 is 0. The number of hydrogen-bond acceptors (Lipinski definition) is 16. The zero-order chi connectivity index (χ0) is 31.7. The number of hydrogen-bond donors (Lipinski definition) is 0. The Morgan fingerprint density at radius 1 is 0.738 bits per heavy atom. The zero-order valence-electron chi connectivity index (χ0n) is 22.2. The summed E-state index contributed by atoms with van der Waals surface area (Å²) in [5.74, 6) is -1.98. The third-order valence-electron chi connectivity index (χ3n) is 3.28. The summed E-state index contributed by atoms with van der Waals surface area (Å²) in [7, 11) is 2.91. The Labute approximate surface area is 279 Å². The number of aliphatic imine (C=N–C) groups is 2. The van der Waals surface area contributed by atoms with Gasteiger partial charge in [-0.05, 0) is 37.1 Å². The molecule has 0 aliphatic carbocycles. The second-order valence-electron chi connectivity index (χ2n) is 6.26. The van der Waals surface area contributed by atoms with Gasteiger partial charge in [-0.25, -0.2) is 0 Å². The number of nitrogens with zero attached hydrogens (tertiary/aromatic N) is 4. The second-order valence-corrected chi connectivity index (χ2v) is 6.26. The fourth-order valence-electron chi connectivity index (χ4n) is 2.03. The van der Waals surface area contributed by atoms with Gasteiger partial charge in [-0.15, -0.1) is 0 Å². The predicted molar refractivity (Wildman–Crippen MR) is 132 cm³/mol. The number of methoxy groups -OCH3 is 2. The minimum Gasteiger partial charge on any atom is -0.870 e. The van der Waals surface area contributed by atoms with Crippen LogP contribution in [0, 0.1) is 68.8 Å². The van der Waals surface area contributed by atoms with Crippen LogP contribution in [0.4, 0.5) is 0 Å². The molecule has 2 aromatic rings. The van der Waals surface area contributed by atoms with E-state index in [-0.39, 0.29) is 78.0 Å². The van der Waals surface area contributed by atoms with Crippen LogP contribution in [0.1, 0.15) is 25.0 Å². The van der Waals surface area contributed by atoms with E-state index in [0.29, 0.717) is 24.2 Å². The molecular formula is C22H24CoDyN4O14. The Morgan fingerprint density at radius 3 is 1.19 bits per heavy atom. The van der Waals surface area contributed by atoms with E-state index in [1.165, 1.54) is 26.6 Å². The molecule has 0 fully saturated rings. The maximum Gasteiger partial charge on any atom is 3.00 e. The monoisotopic (exact) mass is 791 g/mol. The summed E-state index contributed by atoms with van der Waals surface area (Å²) in [6, 6.07) is 10.0. The van der Waals surface area contributed by atoms with E-state index in [1.807, 2.05) is 0 Å². The van der Waals surface area contributed by atoms with Crippen LogP contribution in [-0.4, -0.2) is 61.9 Å². The molecule has 0 aromatic heterocycles. The molecule has 2 aromatic carbocycles. The van der Waals surface area contributed by atoms with Gasteiger partial charge in [-0.1, -0.05) is 35.8 Å². The molecule has 0 spiro atoms. The Bertz CT molecular complexity index is 1010. The third kappa shape index (κ3) is 32.3. The van der Waals surface area contributed by atoms with Crippen LogP contribution in [0.15, 0.2) is 46.4 Å². The van der Waals surface area contributed by atoms with Crippen molar-refractivity contribution in [3.8, 4) is 23.0 Å². The standard InChI is InChI=1S/C18H20N2O4.2C2H4O2.Co.Dy.2NO3/c1-23-15-7-3-5-13(17(15)21)11-19-9-10-20-12-14-6-4-8-16(24-2)18(14)22;2*1-2(3)4;;;2*2-1(3)4/h3-8,11-12,21-22H,9-10H2,1-2H3;2*1H3,(H,3,4);;;;/q;;;2*+3;2*-1/p-4. The summed E-state index contributed by atoms with van der Waals surface area (Å²) in [5, 5.41) is 71.1. The molecule has 0 saturated carbocycles. The van der Waals surface area contributed by atoms with Crippen molar-refractivity contribution in [2.24, 2.45) is 9.98 Å². The predicted octanol–water partition coefficient (Wildman–Crippen LogP) is -1.58. The summed E-state index contributed by atoms with van der Waals surface area (Å²) in [6.07, 6.45) is 3.01. The average Bonchev–Trinajstić information content (AvgIpc) is 2.82. The van der Waals surface area contributed by atoms with Gasteiger partial charge in [0.05, 0.1) is 37.5 Å². The SMILES string of the molecule is CC(=O)[O-].CC(=O)[O-].COc1cccc(C=NCCN=Cc2cccc(OC)c2[O-])c1[O-].O=[N+]([O-])[O-].O=[N+]([O-])[O-].[Co+3].[Dy+3]. The van der Waals surface area contributed by atoms with Crippen LogP contribution in [0.25, 0.3) is 0 Å². The van der Waals surface area contributed by atoms with E-state index in [4.69, 9.17) is 59.9 Å². The Balaban J connectivity index is -0.000000210. The molecule has 0 aliphatic heterocycles. The topological polar surface area (TPSA) is 302 Å². The molecule has 18 nitrogen and oxygen atoms in total. The van der Waals surface area contributed by atoms with E-state index >= 15 is 0 Å². The normalized spacial score (nSPS) is 8.76. The molecule has 0 heterocycles. The minimum absolute atomic E-state index is 0. The van der Waals surface area contributed by atoms with E-state index in [0.717, 1.165) is 13.8 Å². The maximum absolute atomic E-state index is 11.9. The van der Waals surface area contributed by atoms with E-state index in [2.05, 4.69) is 9.98 Å². The number of carboxylic acid groups (broad SMARTS) is 2. The van der Waals surface area contributed by atoms with E-state index in [9.17, 15) is 10.2 Å². The van der Waals surface area contributed by atoms with Crippen molar-refractivity contribution >= 4 is 24.4 Å². The number of para-hydroxylation sites is 2. The van der Waals surface area contributed by atoms with E-state index < -0.39 is 22.1 Å². The molecule has 0 unspecified atom stereocenters. The second kappa shape index (κ2) is 30.1. The molecule has 0 saturated heterocycles. The molecule has 0 aliphatic rings. The number of carbonyl (C=O) groups is 2. The van der Waals surface area contributed by atoms with Crippen LogP contribution in [0.2, 0.25) is 0 Å². The van der Waals surface area contributed by atoms with Crippen molar-refractivity contribution in [3.63, 3.8) is 0 Å². The Hall–Kier alpha value is -3.90. The van der Waals surface area contributed by atoms with Crippen LogP contribution >= 0.6 is 0 Å². The van der Waals surface area contributed by atoms with Gasteiger partial charge in [0.15, 0.2) is 0 Å². The van der Waals surface area contributed by atoms with Crippen molar-refractivity contribution in [3.05, 3.63) is 78.2 Å². The number of ether oxygens (including phenoxy) is 2. The number of aliphatic carboxylic acids is 2. The molecule has 2 rings (SSSR count). The summed E-state index contributed by atoms with van der Waals surface area (Å²) in [5.41, 5.74) is 0.931. The summed E-state index contributed by atoms with van der Waals surface area (Å²) < 4.78 is 9.94. The van der Waals surface area contributed by atoms with Crippen molar-refractivity contribution in [2.45, 2.75) is 13.8 Å². The van der Waals surface area contributed by atoms with Gasteiger partial charge >= 0.3 is 55.0 Å². The van der Waals surface area contributed by atoms with Crippen LogP contribution in [0.3, 0.4) is 0 Å². The molecule has 20 heteroatoms. The van der Waals surface area contributed by atoms with Crippen LogP contribution in [0.5, 0.6) is 23.0 Å². The minimum atomic E-state index is -1.75. The zero-order valence-corrected chi connectivity index (χ0v) is 25.3. The number of carboxylic acids is 2. The maximum atomic E-state index is 11.9.